The third kappa shape index (κ3) is 7.17. The molecule has 4 heteroatoms. The molecule has 0 rings (SSSR count). The Bertz CT molecular complexity index is 172. The Balaban J connectivity index is 3.84. The van der Waals surface area contributed by atoms with Crippen molar-refractivity contribution in [2.75, 3.05) is 33.4 Å². The van der Waals surface area contributed by atoms with Gasteiger partial charge >= 0.3 is 0 Å². The van der Waals surface area contributed by atoms with E-state index in [9.17, 15) is 5.11 Å². The first kappa shape index (κ1) is 15.8. The van der Waals surface area contributed by atoms with Gasteiger partial charge in [-0.15, -0.1) is 0 Å². The highest BCUT2D eigenvalue weighted by molar-refractivity contribution is 4.74. The molecule has 1 atom stereocenters. The zero-order valence-corrected chi connectivity index (χ0v) is 11.2. The second-order valence-corrected chi connectivity index (χ2v) is 4.93. The first-order chi connectivity index (χ1) is 7.43. The van der Waals surface area contributed by atoms with Crippen molar-refractivity contribution in [2.24, 2.45) is 5.73 Å². The predicted molar refractivity (Wildman–Crippen MR) is 67.5 cm³/mol. The zero-order valence-electron chi connectivity index (χ0n) is 11.2. The lowest BCUT2D eigenvalue weighted by atomic mass is 10.0. The van der Waals surface area contributed by atoms with Gasteiger partial charge in [0.2, 0.25) is 0 Å². The minimum Gasteiger partial charge on any atom is -0.389 e. The molecule has 0 aliphatic rings. The van der Waals surface area contributed by atoms with E-state index in [2.05, 4.69) is 18.7 Å². The fourth-order valence-corrected chi connectivity index (χ4v) is 1.60. The van der Waals surface area contributed by atoms with Gasteiger partial charge in [0.15, 0.2) is 0 Å². The van der Waals surface area contributed by atoms with Crippen LogP contribution >= 0.6 is 0 Å². The van der Waals surface area contributed by atoms with Crippen LogP contribution in [0.4, 0.5) is 0 Å². The van der Waals surface area contributed by atoms with Crippen LogP contribution in [0.25, 0.3) is 0 Å². The summed E-state index contributed by atoms with van der Waals surface area (Å²) < 4.78 is 5.08. The number of aliphatic hydroxyl groups is 1. The number of nitrogens with two attached hydrogens (primary N) is 1. The molecule has 0 bridgehead atoms. The molecule has 0 saturated heterocycles. The lowest BCUT2D eigenvalue weighted by Gasteiger charge is -2.28. The Hall–Kier alpha value is -0.160. The summed E-state index contributed by atoms with van der Waals surface area (Å²) in [5, 5.41) is 9.78. The van der Waals surface area contributed by atoms with Crippen molar-refractivity contribution >= 4 is 0 Å². The molecule has 1 unspecified atom stereocenters. The summed E-state index contributed by atoms with van der Waals surface area (Å²) in [6, 6.07) is 0.512. The summed E-state index contributed by atoms with van der Waals surface area (Å²) in [6.45, 7) is 9.16. The van der Waals surface area contributed by atoms with E-state index >= 15 is 0 Å². The number of hydrogen-bond acceptors (Lipinski definition) is 4. The maximum absolute atomic E-state index is 9.78. The Labute approximate surface area is 99.8 Å². The van der Waals surface area contributed by atoms with Gasteiger partial charge in [0.1, 0.15) is 0 Å². The van der Waals surface area contributed by atoms with Crippen molar-refractivity contribution in [1.82, 2.24) is 4.90 Å². The van der Waals surface area contributed by atoms with Gasteiger partial charge in [-0.3, -0.25) is 4.90 Å². The van der Waals surface area contributed by atoms with E-state index in [1.54, 1.807) is 14.0 Å². The van der Waals surface area contributed by atoms with Crippen molar-refractivity contribution in [3.8, 4) is 0 Å². The van der Waals surface area contributed by atoms with Crippen LogP contribution in [0, 0.1) is 0 Å². The molecule has 0 spiro atoms. The molecule has 0 fully saturated rings. The quantitative estimate of drug-likeness (QED) is 0.618. The summed E-state index contributed by atoms with van der Waals surface area (Å²) >= 11 is 0. The van der Waals surface area contributed by atoms with Crippen LogP contribution < -0.4 is 5.73 Å². The van der Waals surface area contributed by atoms with Crippen molar-refractivity contribution in [3.63, 3.8) is 0 Å². The third-order valence-electron chi connectivity index (χ3n) is 2.91. The van der Waals surface area contributed by atoms with E-state index < -0.39 is 5.60 Å². The highest BCUT2D eigenvalue weighted by atomic mass is 16.5. The average Bonchev–Trinajstić information content (AvgIpc) is 2.22. The molecule has 16 heavy (non-hydrogen) atoms. The molecule has 0 radical (unpaired) electrons. The van der Waals surface area contributed by atoms with E-state index in [1.807, 2.05) is 0 Å². The molecule has 0 heterocycles. The van der Waals surface area contributed by atoms with Crippen LogP contribution in [-0.4, -0.2) is 55.0 Å². The third-order valence-corrected chi connectivity index (χ3v) is 2.91. The Morgan fingerprint density at radius 1 is 1.38 bits per heavy atom. The number of hydrogen-bond donors (Lipinski definition) is 2. The summed E-state index contributed by atoms with van der Waals surface area (Å²) in [7, 11) is 1.72. The number of ether oxygens (including phenoxy) is 1. The smallest absolute Gasteiger partial charge is 0.0741 e. The van der Waals surface area contributed by atoms with E-state index in [0.29, 0.717) is 12.6 Å². The van der Waals surface area contributed by atoms with Crippen LogP contribution in [0.1, 0.15) is 33.6 Å². The minimum absolute atomic E-state index is 0.326. The molecule has 0 aromatic rings. The monoisotopic (exact) mass is 232 g/mol. The van der Waals surface area contributed by atoms with Gasteiger partial charge in [-0.1, -0.05) is 0 Å². The van der Waals surface area contributed by atoms with Crippen LogP contribution in [0.5, 0.6) is 0 Å². The lowest BCUT2D eigenvalue weighted by molar-refractivity contribution is 0.0510. The molecule has 0 aromatic heterocycles. The molecule has 98 valence electrons. The van der Waals surface area contributed by atoms with Crippen molar-refractivity contribution in [2.45, 2.75) is 45.3 Å². The molecule has 0 saturated carbocycles. The second-order valence-electron chi connectivity index (χ2n) is 4.93. The average molecular weight is 232 g/mol. The normalized spacial score (nSPS) is 15.8. The van der Waals surface area contributed by atoms with Crippen LogP contribution in [0.15, 0.2) is 0 Å². The molecule has 0 aliphatic carbocycles. The molecular formula is C12H28N2O2. The fraction of sp³-hybridized carbons (Fsp3) is 1.00. The Morgan fingerprint density at radius 3 is 2.44 bits per heavy atom. The Kier molecular flexibility index (Phi) is 7.93. The first-order valence-electron chi connectivity index (χ1n) is 6.08. The van der Waals surface area contributed by atoms with Gasteiger partial charge in [0.25, 0.3) is 0 Å². The molecular weight excluding hydrogens is 204 g/mol. The van der Waals surface area contributed by atoms with E-state index in [1.165, 1.54) is 0 Å². The van der Waals surface area contributed by atoms with Crippen molar-refractivity contribution in [1.29, 1.82) is 0 Å². The fourth-order valence-electron chi connectivity index (χ4n) is 1.60. The molecule has 0 aromatic carbocycles. The first-order valence-corrected chi connectivity index (χ1v) is 6.08. The van der Waals surface area contributed by atoms with E-state index in [0.717, 1.165) is 32.5 Å². The van der Waals surface area contributed by atoms with Gasteiger partial charge in [-0.05, 0) is 40.2 Å². The number of rotatable bonds is 9. The highest BCUT2D eigenvalue weighted by Crippen LogP contribution is 2.11. The van der Waals surface area contributed by atoms with Crippen LogP contribution in [0.3, 0.4) is 0 Å². The largest absolute Gasteiger partial charge is 0.389 e. The van der Waals surface area contributed by atoms with Gasteiger partial charge in [0, 0.05) is 26.2 Å². The summed E-state index contributed by atoms with van der Waals surface area (Å²) in [5.74, 6) is 0. The van der Waals surface area contributed by atoms with Crippen molar-refractivity contribution in [3.05, 3.63) is 0 Å². The maximum Gasteiger partial charge on any atom is 0.0741 e. The zero-order chi connectivity index (χ0) is 12.6. The summed E-state index contributed by atoms with van der Waals surface area (Å²) in [5.41, 5.74) is 4.76. The van der Waals surface area contributed by atoms with E-state index in [4.69, 9.17) is 10.5 Å². The van der Waals surface area contributed by atoms with E-state index in [-0.39, 0.29) is 0 Å². The molecule has 3 N–H and O–H groups in total. The highest BCUT2D eigenvalue weighted by Gasteiger charge is 2.18. The second kappa shape index (κ2) is 8.01. The molecule has 4 nitrogen and oxygen atoms in total. The maximum atomic E-state index is 9.78. The Morgan fingerprint density at radius 2 is 2.00 bits per heavy atom. The van der Waals surface area contributed by atoms with Gasteiger partial charge in [0.05, 0.1) is 12.2 Å². The standard InChI is InChI=1S/C12H28N2O2/c1-11(2)14(8-9-16-4)7-5-6-12(3,15)10-13/h11,15H,5-10,13H2,1-4H3. The van der Waals surface area contributed by atoms with Gasteiger partial charge in [-0.25, -0.2) is 0 Å². The minimum atomic E-state index is -0.718. The van der Waals surface area contributed by atoms with Crippen molar-refractivity contribution < 1.29 is 9.84 Å². The summed E-state index contributed by atoms with van der Waals surface area (Å²) in [6.07, 6.45) is 1.71. The summed E-state index contributed by atoms with van der Waals surface area (Å²) in [4.78, 5) is 2.36. The van der Waals surface area contributed by atoms with Gasteiger partial charge < -0.3 is 15.6 Å². The number of methoxy groups -OCH3 is 1. The molecule has 0 amide bonds. The molecule has 0 aliphatic heterocycles. The van der Waals surface area contributed by atoms with Crippen LogP contribution in [0.2, 0.25) is 0 Å². The number of nitrogens with zero attached hydrogens (tertiary/aromatic N) is 1. The predicted octanol–water partition coefficient (Wildman–Crippen LogP) is 0.833. The lowest BCUT2D eigenvalue weighted by Crippen LogP contribution is -2.38. The van der Waals surface area contributed by atoms with Gasteiger partial charge in [-0.2, -0.15) is 0 Å². The topological polar surface area (TPSA) is 58.7 Å². The SMILES string of the molecule is COCCN(CCCC(C)(O)CN)C(C)C. The van der Waals surface area contributed by atoms with Crippen LogP contribution in [-0.2, 0) is 4.74 Å².